The highest BCUT2D eigenvalue weighted by atomic mass is 32.1. The third kappa shape index (κ3) is 4.17. The van der Waals surface area contributed by atoms with E-state index in [9.17, 15) is 9.59 Å². The normalized spacial score (nSPS) is 11.8. The standard InChI is InChI=1S/C19H20N4O3S/c1-3-26-14-8-6-13(7-9-14)21-18(24)12(2)23-19(25)15(20)11-16(22-23)17-5-4-10-27-17/h4-12H,3,20H2,1-2H3,(H,21,24). The van der Waals surface area contributed by atoms with Crippen molar-refractivity contribution >= 4 is 28.6 Å². The molecule has 3 N–H and O–H groups in total. The van der Waals surface area contributed by atoms with Gasteiger partial charge >= 0.3 is 0 Å². The predicted molar refractivity (Wildman–Crippen MR) is 107 cm³/mol. The fourth-order valence-corrected chi connectivity index (χ4v) is 3.18. The van der Waals surface area contributed by atoms with Crippen LogP contribution in [0.3, 0.4) is 0 Å². The molecule has 3 aromatic rings. The number of hydrogen-bond donors (Lipinski definition) is 2. The van der Waals surface area contributed by atoms with Crippen molar-refractivity contribution in [1.29, 1.82) is 0 Å². The first-order valence-corrected chi connectivity index (χ1v) is 9.34. The molecule has 2 heterocycles. The maximum absolute atomic E-state index is 12.6. The molecule has 3 rings (SSSR count). The SMILES string of the molecule is CCOc1ccc(NC(=O)C(C)n2nc(-c3cccs3)cc(N)c2=O)cc1. The first-order valence-electron chi connectivity index (χ1n) is 8.46. The van der Waals surface area contributed by atoms with Crippen molar-refractivity contribution in [2.45, 2.75) is 19.9 Å². The van der Waals surface area contributed by atoms with Gasteiger partial charge in [0.2, 0.25) is 5.91 Å². The van der Waals surface area contributed by atoms with E-state index in [0.29, 0.717) is 18.0 Å². The van der Waals surface area contributed by atoms with E-state index in [-0.39, 0.29) is 11.6 Å². The van der Waals surface area contributed by atoms with E-state index < -0.39 is 11.6 Å². The highest BCUT2D eigenvalue weighted by Crippen LogP contribution is 2.23. The minimum Gasteiger partial charge on any atom is -0.494 e. The second kappa shape index (κ2) is 8.05. The van der Waals surface area contributed by atoms with Crippen LogP contribution in [-0.4, -0.2) is 22.3 Å². The zero-order chi connectivity index (χ0) is 19.4. The molecule has 0 bridgehead atoms. The van der Waals surface area contributed by atoms with Gasteiger partial charge in [-0.15, -0.1) is 11.3 Å². The fourth-order valence-electron chi connectivity index (χ4n) is 2.50. The number of nitrogens with two attached hydrogens (primary N) is 1. The summed E-state index contributed by atoms with van der Waals surface area (Å²) < 4.78 is 6.50. The van der Waals surface area contributed by atoms with Gasteiger partial charge in [-0.2, -0.15) is 5.10 Å². The van der Waals surface area contributed by atoms with Crippen LogP contribution in [0.15, 0.2) is 52.6 Å². The first kappa shape index (κ1) is 18.7. The number of nitrogen functional groups attached to an aromatic ring is 1. The summed E-state index contributed by atoms with van der Waals surface area (Å²) in [7, 11) is 0. The van der Waals surface area contributed by atoms with Crippen LogP contribution in [0.5, 0.6) is 5.75 Å². The topological polar surface area (TPSA) is 99.2 Å². The van der Waals surface area contributed by atoms with Gasteiger partial charge in [0.1, 0.15) is 23.2 Å². The number of anilines is 2. The maximum atomic E-state index is 12.6. The number of nitrogens with zero attached hydrogens (tertiary/aromatic N) is 2. The van der Waals surface area contributed by atoms with Crippen molar-refractivity contribution in [2.75, 3.05) is 17.7 Å². The van der Waals surface area contributed by atoms with Gasteiger partial charge in [-0.05, 0) is 55.6 Å². The number of nitrogens with one attached hydrogen (secondary N) is 1. The molecule has 0 aliphatic carbocycles. The van der Waals surface area contributed by atoms with E-state index in [4.69, 9.17) is 10.5 Å². The zero-order valence-corrected chi connectivity index (χ0v) is 15.8. The quantitative estimate of drug-likeness (QED) is 0.680. The molecule has 0 fully saturated rings. The average Bonchev–Trinajstić information content (AvgIpc) is 3.20. The molecular formula is C19H20N4O3S. The molecule has 1 amide bonds. The largest absolute Gasteiger partial charge is 0.494 e. The number of benzene rings is 1. The van der Waals surface area contributed by atoms with Crippen LogP contribution < -0.4 is 21.3 Å². The number of thiophene rings is 1. The number of aromatic nitrogens is 2. The van der Waals surface area contributed by atoms with Gasteiger partial charge in [0.05, 0.1) is 11.5 Å². The average molecular weight is 384 g/mol. The molecule has 0 aliphatic rings. The molecule has 1 unspecified atom stereocenters. The van der Waals surface area contributed by atoms with Crippen molar-refractivity contribution in [3.8, 4) is 16.3 Å². The number of ether oxygens (including phenoxy) is 1. The Hall–Kier alpha value is -3.13. The van der Waals surface area contributed by atoms with Crippen LogP contribution in [0, 0.1) is 0 Å². The molecule has 0 radical (unpaired) electrons. The van der Waals surface area contributed by atoms with Crippen LogP contribution >= 0.6 is 11.3 Å². The van der Waals surface area contributed by atoms with E-state index in [0.717, 1.165) is 15.3 Å². The highest BCUT2D eigenvalue weighted by Gasteiger charge is 2.20. The Kier molecular flexibility index (Phi) is 5.56. The van der Waals surface area contributed by atoms with E-state index in [1.54, 1.807) is 31.2 Å². The second-order valence-corrected chi connectivity index (χ2v) is 6.78. The number of amides is 1. The molecule has 8 heteroatoms. The Bertz CT molecular complexity index is 981. The minimum absolute atomic E-state index is 0.0501. The molecular weight excluding hydrogens is 364 g/mol. The van der Waals surface area contributed by atoms with E-state index >= 15 is 0 Å². The number of carbonyl (C=O) groups is 1. The van der Waals surface area contributed by atoms with Gasteiger partial charge in [-0.1, -0.05) is 6.07 Å². The van der Waals surface area contributed by atoms with Crippen LogP contribution in [0.4, 0.5) is 11.4 Å². The van der Waals surface area contributed by atoms with Crippen LogP contribution in [0.25, 0.3) is 10.6 Å². The summed E-state index contributed by atoms with van der Waals surface area (Å²) in [5.74, 6) is 0.356. The smallest absolute Gasteiger partial charge is 0.290 e. The van der Waals surface area contributed by atoms with E-state index in [2.05, 4.69) is 10.4 Å². The van der Waals surface area contributed by atoms with Gasteiger partial charge in [0.15, 0.2) is 0 Å². The van der Waals surface area contributed by atoms with Crippen LogP contribution in [-0.2, 0) is 4.79 Å². The lowest BCUT2D eigenvalue weighted by Gasteiger charge is -2.16. The molecule has 0 saturated carbocycles. The summed E-state index contributed by atoms with van der Waals surface area (Å²) in [6.45, 7) is 4.08. The molecule has 1 atom stereocenters. The number of carbonyl (C=O) groups excluding carboxylic acids is 1. The summed E-state index contributed by atoms with van der Waals surface area (Å²) in [6.07, 6.45) is 0. The van der Waals surface area contributed by atoms with Crippen molar-refractivity contribution in [1.82, 2.24) is 9.78 Å². The van der Waals surface area contributed by atoms with Gasteiger partial charge < -0.3 is 15.8 Å². The summed E-state index contributed by atoms with van der Waals surface area (Å²) in [5.41, 5.74) is 6.56. The van der Waals surface area contributed by atoms with Crippen LogP contribution in [0.1, 0.15) is 19.9 Å². The molecule has 0 saturated heterocycles. The molecule has 0 spiro atoms. The maximum Gasteiger partial charge on any atom is 0.290 e. The van der Waals surface area contributed by atoms with Gasteiger partial charge in [0, 0.05) is 5.69 Å². The zero-order valence-electron chi connectivity index (χ0n) is 15.0. The molecule has 7 nitrogen and oxygen atoms in total. The molecule has 0 aliphatic heterocycles. The first-order chi connectivity index (χ1) is 13.0. The Morgan fingerprint density at radius 3 is 2.70 bits per heavy atom. The minimum atomic E-state index is -0.828. The molecule has 1 aromatic carbocycles. The fraction of sp³-hybridized carbons (Fsp3) is 0.211. The summed E-state index contributed by atoms with van der Waals surface area (Å²) in [6, 6.07) is 11.5. The van der Waals surface area contributed by atoms with Crippen molar-refractivity contribution in [3.05, 3.63) is 58.2 Å². The Labute approximate surface area is 160 Å². The number of hydrogen-bond acceptors (Lipinski definition) is 6. The van der Waals surface area contributed by atoms with E-state index in [1.165, 1.54) is 17.4 Å². The summed E-state index contributed by atoms with van der Waals surface area (Å²) >= 11 is 1.48. The summed E-state index contributed by atoms with van der Waals surface area (Å²) in [5, 5.41) is 9.02. The van der Waals surface area contributed by atoms with Crippen molar-refractivity contribution < 1.29 is 9.53 Å². The molecule has 27 heavy (non-hydrogen) atoms. The molecule has 140 valence electrons. The summed E-state index contributed by atoms with van der Waals surface area (Å²) in [4.78, 5) is 25.9. The third-order valence-corrected chi connectivity index (χ3v) is 4.81. The lowest BCUT2D eigenvalue weighted by atomic mass is 10.2. The lowest BCUT2D eigenvalue weighted by Crippen LogP contribution is -2.34. The molecule has 2 aromatic heterocycles. The third-order valence-electron chi connectivity index (χ3n) is 3.92. The Balaban J connectivity index is 1.83. The Morgan fingerprint density at radius 1 is 1.33 bits per heavy atom. The van der Waals surface area contributed by atoms with E-state index in [1.807, 2.05) is 24.4 Å². The number of rotatable bonds is 6. The monoisotopic (exact) mass is 384 g/mol. The van der Waals surface area contributed by atoms with Crippen molar-refractivity contribution in [3.63, 3.8) is 0 Å². The predicted octanol–water partition coefficient (Wildman–Crippen LogP) is 3.15. The van der Waals surface area contributed by atoms with Gasteiger partial charge in [-0.3, -0.25) is 9.59 Å². The van der Waals surface area contributed by atoms with Gasteiger partial charge in [-0.25, -0.2) is 4.68 Å². The van der Waals surface area contributed by atoms with Crippen LogP contribution in [0.2, 0.25) is 0 Å². The lowest BCUT2D eigenvalue weighted by molar-refractivity contribution is -0.119. The van der Waals surface area contributed by atoms with Crippen molar-refractivity contribution in [2.24, 2.45) is 0 Å². The second-order valence-electron chi connectivity index (χ2n) is 5.83. The van der Waals surface area contributed by atoms with Gasteiger partial charge in [0.25, 0.3) is 5.56 Å². The highest BCUT2D eigenvalue weighted by molar-refractivity contribution is 7.13. The Morgan fingerprint density at radius 2 is 2.07 bits per heavy atom.